The Hall–Kier alpha value is -1.00. The number of halogens is 2. The molecule has 0 saturated heterocycles. The summed E-state index contributed by atoms with van der Waals surface area (Å²) in [6.45, 7) is 2.85. The first-order valence-electron chi connectivity index (χ1n) is 5.28. The van der Waals surface area contributed by atoms with E-state index in [0.29, 0.717) is 10.4 Å². The van der Waals surface area contributed by atoms with Crippen molar-refractivity contribution in [3.05, 3.63) is 41.2 Å². The molecule has 0 unspecified atom stereocenters. The van der Waals surface area contributed by atoms with Gasteiger partial charge < -0.3 is 4.74 Å². The van der Waals surface area contributed by atoms with Crippen LogP contribution in [0, 0.1) is 0 Å². The van der Waals surface area contributed by atoms with Gasteiger partial charge in [-0.1, -0.05) is 33.6 Å². The van der Waals surface area contributed by atoms with Crippen LogP contribution in [0.2, 0.25) is 5.02 Å². The molecule has 0 atom stereocenters. The van der Waals surface area contributed by atoms with Crippen LogP contribution in [0.3, 0.4) is 0 Å². The van der Waals surface area contributed by atoms with E-state index in [9.17, 15) is 0 Å². The summed E-state index contributed by atoms with van der Waals surface area (Å²) in [7, 11) is 0. The van der Waals surface area contributed by atoms with E-state index in [-0.39, 0.29) is 0 Å². The molecule has 1 aromatic heterocycles. The quantitative estimate of drug-likeness (QED) is 0.789. The van der Waals surface area contributed by atoms with E-state index in [1.165, 1.54) is 0 Å². The van der Waals surface area contributed by atoms with E-state index in [1.54, 1.807) is 6.20 Å². The summed E-state index contributed by atoms with van der Waals surface area (Å²) in [6, 6.07) is 5.61. The average Bonchev–Trinajstić information content (AvgIpc) is 2.77. The molecule has 1 heterocycles. The van der Waals surface area contributed by atoms with Gasteiger partial charge in [-0.2, -0.15) is 5.10 Å². The highest BCUT2D eigenvalue weighted by molar-refractivity contribution is 9.08. The molecular weight excluding hydrogens is 304 g/mol. The van der Waals surface area contributed by atoms with Crippen molar-refractivity contribution in [2.75, 3.05) is 0 Å². The summed E-state index contributed by atoms with van der Waals surface area (Å²) < 4.78 is 7.58. The van der Waals surface area contributed by atoms with E-state index in [2.05, 4.69) is 21.0 Å². The molecule has 0 aliphatic rings. The maximum Gasteiger partial charge on any atom is 0.165 e. The van der Waals surface area contributed by atoms with E-state index < -0.39 is 0 Å². The Morgan fingerprint density at radius 3 is 2.94 bits per heavy atom. The third-order valence-corrected chi connectivity index (χ3v) is 3.29. The first kappa shape index (κ1) is 12.5. The third kappa shape index (κ3) is 2.82. The maximum absolute atomic E-state index is 6.10. The third-order valence-electron chi connectivity index (χ3n) is 2.37. The lowest BCUT2D eigenvalue weighted by molar-refractivity contribution is 0.477. The Morgan fingerprint density at radius 2 is 2.29 bits per heavy atom. The molecule has 0 radical (unpaired) electrons. The number of rotatable bonds is 4. The van der Waals surface area contributed by atoms with Crippen LogP contribution in [0.15, 0.2) is 30.6 Å². The van der Waals surface area contributed by atoms with Gasteiger partial charge in [0.2, 0.25) is 0 Å². The predicted molar refractivity (Wildman–Crippen MR) is 72.1 cm³/mol. The number of aryl methyl sites for hydroxylation is 1. The summed E-state index contributed by atoms with van der Waals surface area (Å²) in [5.74, 6) is 1.47. The van der Waals surface area contributed by atoms with Crippen molar-refractivity contribution in [3.63, 3.8) is 0 Å². The first-order chi connectivity index (χ1) is 8.24. The smallest absolute Gasteiger partial charge is 0.165 e. The van der Waals surface area contributed by atoms with Gasteiger partial charge in [0, 0.05) is 22.5 Å². The number of nitrogens with zero attached hydrogens (tertiary/aromatic N) is 2. The van der Waals surface area contributed by atoms with Crippen molar-refractivity contribution in [2.45, 2.75) is 18.8 Å². The van der Waals surface area contributed by atoms with E-state index >= 15 is 0 Å². The van der Waals surface area contributed by atoms with Crippen molar-refractivity contribution in [1.82, 2.24) is 9.78 Å². The Balaban J connectivity index is 2.26. The number of aromatic nitrogens is 2. The summed E-state index contributed by atoms with van der Waals surface area (Å²) >= 11 is 9.50. The summed E-state index contributed by atoms with van der Waals surface area (Å²) in [5, 5.41) is 5.51. The molecule has 2 aromatic rings. The van der Waals surface area contributed by atoms with Gasteiger partial charge in [0.25, 0.3) is 0 Å². The molecule has 1 aromatic carbocycles. The Labute approximate surface area is 113 Å². The highest BCUT2D eigenvalue weighted by Crippen LogP contribution is 2.31. The molecule has 0 aliphatic heterocycles. The summed E-state index contributed by atoms with van der Waals surface area (Å²) in [5.41, 5.74) is 0.943. The molecule has 0 spiro atoms. The number of alkyl halides is 1. The fourth-order valence-corrected chi connectivity index (χ4v) is 2.43. The second-order valence-electron chi connectivity index (χ2n) is 3.48. The molecule has 2 rings (SSSR count). The molecule has 0 amide bonds. The van der Waals surface area contributed by atoms with Crippen molar-refractivity contribution >= 4 is 27.5 Å². The van der Waals surface area contributed by atoms with Gasteiger partial charge in [-0.25, -0.2) is 0 Å². The fraction of sp³-hybridized carbons (Fsp3) is 0.250. The molecule has 0 fully saturated rings. The highest BCUT2D eigenvalue weighted by Gasteiger charge is 2.08. The molecule has 0 bridgehead atoms. The topological polar surface area (TPSA) is 27.1 Å². The zero-order valence-electron chi connectivity index (χ0n) is 9.36. The van der Waals surface area contributed by atoms with Gasteiger partial charge >= 0.3 is 0 Å². The lowest BCUT2D eigenvalue weighted by Gasteiger charge is -2.08. The number of hydrogen-bond donors (Lipinski definition) is 0. The molecule has 17 heavy (non-hydrogen) atoms. The van der Waals surface area contributed by atoms with Crippen LogP contribution in [0.5, 0.6) is 11.5 Å². The lowest BCUT2D eigenvalue weighted by Crippen LogP contribution is -1.92. The van der Waals surface area contributed by atoms with Crippen molar-refractivity contribution in [3.8, 4) is 11.5 Å². The van der Waals surface area contributed by atoms with Gasteiger partial charge in [-0.05, 0) is 19.1 Å². The average molecular weight is 316 g/mol. The highest BCUT2D eigenvalue weighted by atomic mass is 79.9. The number of hydrogen-bond acceptors (Lipinski definition) is 2. The van der Waals surface area contributed by atoms with Gasteiger partial charge in [0.1, 0.15) is 5.75 Å². The van der Waals surface area contributed by atoms with Gasteiger partial charge in [0.15, 0.2) is 5.75 Å². The van der Waals surface area contributed by atoms with Crippen molar-refractivity contribution in [2.24, 2.45) is 0 Å². The Kier molecular flexibility index (Phi) is 4.07. The minimum atomic E-state index is 0.657. The maximum atomic E-state index is 6.10. The van der Waals surface area contributed by atoms with Crippen LogP contribution in [0.4, 0.5) is 0 Å². The molecule has 0 N–H and O–H groups in total. The van der Waals surface area contributed by atoms with Crippen LogP contribution in [0.1, 0.15) is 12.5 Å². The van der Waals surface area contributed by atoms with Gasteiger partial charge in [-0.15, -0.1) is 0 Å². The van der Waals surface area contributed by atoms with Crippen LogP contribution < -0.4 is 4.74 Å². The van der Waals surface area contributed by atoms with Crippen molar-refractivity contribution in [1.29, 1.82) is 0 Å². The minimum absolute atomic E-state index is 0.657. The Bertz CT molecular complexity index is 513. The van der Waals surface area contributed by atoms with Crippen molar-refractivity contribution < 1.29 is 4.74 Å². The number of benzene rings is 1. The largest absolute Gasteiger partial charge is 0.454 e. The molecular formula is C12H12BrClN2O. The fourth-order valence-electron chi connectivity index (χ4n) is 1.46. The minimum Gasteiger partial charge on any atom is -0.454 e. The van der Waals surface area contributed by atoms with E-state index in [1.807, 2.05) is 36.0 Å². The second kappa shape index (κ2) is 5.56. The van der Waals surface area contributed by atoms with Gasteiger partial charge in [0.05, 0.1) is 12.4 Å². The monoisotopic (exact) mass is 314 g/mol. The Morgan fingerprint density at radius 1 is 1.47 bits per heavy atom. The van der Waals surface area contributed by atoms with E-state index in [0.717, 1.165) is 23.6 Å². The molecule has 5 heteroatoms. The van der Waals surface area contributed by atoms with Crippen LogP contribution in [0.25, 0.3) is 0 Å². The second-order valence-corrected chi connectivity index (χ2v) is 4.45. The number of ether oxygens (including phenoxy) is 1. The lowest BCUT2D eigenvalue weighted by atomic mass is 10.2. The van der Waals surface area contributed by atoms with Gasteiger partial charge in [-0.3, -0.25) is 4.68 Å². The van der Waals surface area contributed by atoms with Crippen LogP contribution in [-0.4, -0.2) is 9.78 Å². The predicted octanol–water partition coefficient (Wildman–Crippen LogP) is 4.24. The molecule has 90 valence electrons. The zero-order chi connectivity index (χ0) is 12.3. The molecule has 3 nitrogen and oxygen atoms in total. The zero-order valence-corrected chi connectivity index (χ0v) is 11.7. The first-order valence-corrected chi connectivity index (χ1v) is 6.78. The standard InChI is InChI=1S/C12H12BrClN2O/c1-2-16-8-9(7-15-16)17-12-5-3-4-11(14)10(12)6-13/h3-5,7-8H,2,6H2,1H3. The van der Waals surface area contributed by atoms with Crippen LogP contribution in [-0.2, 0) is 11.9 Å². The normalized spacial score (nSPS) is 10.5. The van der Waals surface area contributed by atoms with E-state index in [4.69, 9.17) is 16.3 Å². The molecule has 0 saturated carbocycles. The summed E-state index contributed by atoms with van der Waals surface area (Å²) in [6.07, 6.45) is 3.56. The van der Waals surface area contributed by atoms with Crippen LogP contribution >= 0.6 is 27.5 Å². The molecule has 0 aliphatic carbocycles. The summed E-state index contributed by atoms with van der Waals surface area (Å²) in [4.78, 5) is 0. The SMILES string of the molecule is CCn1cc(Oc2cccc(Cl)c2CBr)cn1.